The van der Waals surface area contributed by atoms with Crippen molar-refractivity contribution in [2.45, 2.75) is 20.8 Å². The van der Waals surface area contributed by atoms with Gasteiger partial charge in [0.2, 0.25) is 0 Å². The zero-order valence-corrected chi connectivity index (χ0v) is 19.4. The van der Waals surface area contributed by atoms with Crippen molar-refractivity contribution in [1.82, 2.24) is 9.88 Å². The van der Waals surface area contributed by atoms with E-state index in [0.717, 1.165) is 33.6 Å². The highest BCUT2D eigenvalue weighted by Crippen LogP contribution is 2.36. The molecule has 0 spiro atoms. The molecule has 0 N–H and O–H groups in total. The first-order valence-electron chi connectivity index (χ1n) is 9.29. The van der Waals surface area contributed by atoms with Crippen LogP contribution in [-0.4, -0.2) is 50.1 Å². The molecule has 3 aromatic rings. The number of fused-ring (bicyclic) bond motifs is 1. The van der Waals surface area contributed by atoms with Crippen LogP contribution in [0.3, 0.4) is 0 Å². The molecular formula is C22H28ClN3O2S. The summed E-state index contributed by atoms with van der Waals surface area (Å²) in [5.41, 5.74) is 4.91. The molecule has 0 saturated carbocycles. The monoisotopic (exact) mass is 433 g/mol. The molecular weight excluding hydrogens is 406 g/mol. The first-order valence-corrected chi connectivity index (χ1v) is 10.1. The molecule has 0 atom stereocenters. The van der Waals surface area contributed by atoms with Crippen molar-refractivity contribution in [2.24, 2.45) is 0 Å². The molecule has 0 saturated heterocycles. The Morgan fingerprint density at radius 3 is 2.34 bits per heavy atom. The summed E-state index contributed by atoms with van der Waals surface area (Å²) in [5, 5.41) is 0.702. The molecule has 7 heteroatoms. The second kappa shape index (κ2) is 9.57. The van der Waals surface area contributed by atoms with Gasteiger partial charge < -0.3 is 9.64 Å². The van der Waals surface area contributed by atoms with Crippen LogP contribution in [0.4, 0.5) is 5.13 Å². The Bertz CT molecular complexity index is 1020. The number of aryl methyl sites for hydroxylation is 3. The molecule has 2 aromatic carbocycles. The maximum Gasteiger partial charge on any atom is 0.260 e. The predicted molar refractivity (Wildman–Crippen MR) is 124 cm³/mol. The van der Waals surface area contributed by atoms with E-state index in [1.54, 1.807) is 12.0 Å². The second-order valence-corrected chi connectivity index (χ2v) is 8.30. The third-order valence-corrected chi connectivity index (χ3v) is 6.13. The highest BCUT2D eigenvalue weighted by atomic mass is 35.5. The van der Waals surface area contributed by atoms with Gasteiger partial charge in [-0.1, -0.05) is 23.5 Å². The third-order valence-electron chi connectivity index (χ3n) is 4.91. The summed E-state index contributed by atoms with van der Waals surface area (Å²) in [6.45, 7) is 7.46. The van der Waals surface area contributed by atoms with Crippen molar-refractivity contribution in [3.05, 3.63) is 52.6 Å². The Morgan fingerprint density at radius 2 is 1.72 bits per heavy atom. The van der Waals surface area contributed by atoms with Crippen molar-refractivity contribution in [2.75, 3.05) is 39.2 Å². The molecule has 1 amide bonds. The number of carbonyl (C=O) groups excluding carboxylic acids is 1. The number of rotatable bonds is 6. The summed E-state index contributed by atoms with van der Waals surface area (Å²) in [4.78, 5) is 22.0. The Hall–Kier alpha value is -2.15. The minimum Gasteiger partial charge on any atom is -0.494 e. The van der Waals surface area contributed by atoms with Crippen LogP contribution < -0.4 is 9.64 Å². The maximum absolute atomic E-state index is 13.4. The molecule has 1 aromatic heterocycles. The highest BCUT2D eigenvalue weighted by molar-refractivity contribution is 7.22. The van der Waals surface area contributed by atoms with Crippen molar-refractivity contribution < 1.29 is 9.53 Å². The molecule has 0 aliphatic rings. The van der Waals surface area contributed by atoms with Gasteiger partial charge in [0.1, 0.15) is 11.3 Å². The van der Waals surface area contributed by atoms with Crippen LogP contribution >= 0.6 is 23.7 Å². The van der Waals surface area contributed by atoms with Gasteiger partial charge in [0, 0.05) is 18.7 Å². The maximum atomic E-state index is 13.4. The standard InChI is InChI=1S/C22H27N3O2S.ClH/c1-14-7-9-17(13-16(14)3)21(26)25(12-11-24(4)5)22-23-19-18(27-6)10-8-15(2)20(19)28-22;/h7-10,13H,11-12H2,1-6H3;1H. The van der Waals surface area contributed by atoms with Gasteiger partial charge in [0.05, 0.1) is 11.8 Å². The molecule has 29 heavy (non-hydrogen) atoms. The number of ether oxygens (including phenoxy) is 1. The quantitative estimate of drug-likeness (QED) is 0.556. The lowest BCUT2D eigenvalue weighted by molar-refractivity contribution is 0.0985. The predicted octanol–water partition coefficient (Wildman–Crippen LogP) is 4.86. The number of methoxy groups -OCH3 is 1. The van der Waals surface area contributed by atoms with Crippen LogP contribution in [-0.2, 0) is 0 Å². The fourth-order valence-electron chi connectivity index (χ4n) is 2.99. The summed E-state index contributed by atoms with van der Waals surface area (Å²) in [6, 6.07) is 9.80. The number of carbonyl (C=O) groups is 1. The first-order chi connectivity index (χ1) is 13.3. The topological polar surface area (TPSA) is 45.7 Å². The van der Waals surface area contributed by atoms with Gasteiger partial charge in [-0.2, -0.15) is 0 Å². The number of halogens is 1. The van der Waals surface area contributed by atoms with Gasteiger partial charge in [-0.25, -0.2) is 4.98 Å². The second-order valence-electron chi connectivity index (χ2n) is 7.32. The van der Waals surface area contributed by atoms with Crippen LogP contribution in [0.5, 0.6) is 5.75 Å². The minimum absolute atomic E-state index is 0. The van der Waals surface area contributed by atoms with Gasteiger partial charge in [-0.15, -0.1) is 12.4 Å². The number of amides is 1. The number of aromatic nitrogens is 1. The average Bonchev–Trinajstić information content (AvgIpc) is 3.10. The number of nitrogens with zero attached hydrogens (tertiary/aromatic N) is 3. The van der Waals surface area contributed by atoms with Gasteiger partial charge in [-0.3, -0.25) is 9.69 Å². The molecule has 0 bridgehead atoms. The number of thiazole rings is 1. The molecule has 5 nitrogen and oxygen atoms in total. The highest BCUT2D eigenvalue weighted by Gasteiger charge is 2.23. The smallest absolute Gasteiger partial charge is 0.260 e. The van der Waals surface area contributed by atoms with Crippen LogP contribution in [0.25, 0.3) is 10.2 Å². The minimum atomic E-state index is -0.0272. The fraction of sp³-hybridized carbons (Fsp3) is 0.364. The van der Waals surface area contributed by atoms with Crippen molar-refractivity contribution in [3.63, 3.8) is 0 Å². The lowest BCUT2D eigenvalue weighted by Crippen LogP contribution is -2.36. The van der Waals surface area contributed by atoms with E-state index in [-0.39, 0.29) is 18.3 Å². The number of hydrogen-bond donors (Lipinski definition) is 0. The van der Waals surface area contributed by atoms with E-state index >= 15 is 0 Å². The van der Waals surface area contributed by atoms with E-state index in [1.807, 2.05) is 51.4 Å². The Labute approximate surface area is 182 Å². The zero-order chi connectivity index (χ0) is 20.4. The van der Waals surface area contributed by atoms with E-state index in [0.29, 0.717) is 17.2 Å². The summed E-state index contributed by atoms with van der Waals surface area (Å²) >= 11 is 1.54. The van der Waals surface area contributed by atoms with E-state index < -0.39 is 0 Å². The number of hydrogen-bond acceptors (Lipinski definition) is 5. The normalized spacial score (nSPS) is 10.9. The molecule has 3 rings (SSSR count). The van der Waals surface area contributed by atoms with Crippen LogP contribution in [0, 0.1) is 20.8 Å². The number of anilines is 1. The summed E-state index contributed by atoms with van der Waals surface area (Å²) in [5.74, 6) is 0.704. The van der Waals surface area contributed by atoms with Crippen molar-refractivity contribution >= 4 is 45.0 Å². The van der Waals surface area contributed by atoms with Crippen molar-refractivity contribution in [3.8, 4) is 5.75 Å². The van der Waals surface area contributed by atoms with Crippen LogP contribution in [0.2, 0.25) is 0 Å². The van der Waals surface area contributed by atoms with Crippen molar-refractivity contribution in [1.29, 1.82) is 0 Å². The van der Waals surface area contributed by atoms with E-state index in [1.165, 1.54) is 16.9 Å². The Kier molecular flexibility index (Phi) is 7.63. The molecule has 1 heterocycles. The zero-order valence-electron chi connectivity index (χ0n) is 17.8. The van der Waals surface area contributed by atoms with Gasteiger partial charge in [0.25, 0.3) is 5.91 Å². The lowest BCUT2D eigenvalue weighted by Gasteiger charge is -2.22. The molecule has 0 unspecified atom stereocenters. The summed E-state index contributed by atoms with van der Waals surface area (Å²) in [7, 11) is 5.65. The fourth-order valence-corrected chi connectivity index (χ4v) is 4.07. The summed E-state index contributed by atoms with van der Waals surface area (Å²) < 4.78 is 6.53. The van der Waals surface area contributed by atoms with Gasteiger partial charge in [-0.05, 0) is 69.8 Å². The van der Waals surface area contributed by atoms with E-state index in [4.69, 9.17) is 9.72 Å². The number of likely N-dealkylation sites (N-methyl/N-ethyl adjacent to an activating group) is 1. The number of benzene rings is 2. The summed E-state index contributed by atoms with van der Waals surface area (Å²) in [6.07, 6.45) is 0. The third kappa shape index (κ3) is 4.89. The lowest BCUT2D eigenvalue weighted by atomic mass is 10.1. The largest absolute Gasteiger partial charge is 0.494 e. The van der Waals surface area contributed by atoms with Gasteiger partial charge >= 0.3 is 0 Å². The molecule has 156 valence electrons. The molecule has 0 radical (unpaired) electrons. The first kappa shape index (κ1) is 23.1. The SMILES string of the molecule is COc1ccc(C)c2sc(N(CCN(C)C)C(=O)c3ccc(C)c(C)c3)nc12.Cl. The van der Waals surface area contributed by atoms with E-state index in [9.17, 15) is 4.79 Å². The molecule has 0 aliphatic carbocycles. The van der Waals surface area contributed by atoms with Crippen LogP contribution in [0.15, 0.2) is 30.3 Å². The van der Waals surface area contributed by atoms with Gasteiger partial charge in [0.15, 0.2) is 5.13 Å². The average molecular weight is 434 g/mol. The van der Waals surface area contributed by atoms with Crippen LogP contribution in [0.1, 0.15) is 27.0 Å². The van der Waals surface area contributed by atoms with E-state index in [2.05, 4.69) is 18.7 Å². The Morgan fingerprint density at radius 1 is 1.03 bits per heavy atom. The molecule has 0 aliphatic heterocycles. The molecule has 0 fully saturated rings. The Balaban J connectivity index is 0.00000300.